The molecule has 0 saturated carbocycles. The Balaban J connectivity index is 1.88. The number of nitrogens with zero attached hydrogens (tertiary/aromatic N) is 1. The number of hydrogen-bond acceptors (Lipinski definition) is 3. The van der Waals surface area contributed by atoms with Crippen molar-refractivity contribution in [2.75, 3.05) is 13.1 Å². The lowest BCUT2D eigenvalue weighted by molar-refractivity contribution is -0.132. The molecule has 2 unspecified atom stereocenters. The predicted octanol–water partition coefficient (Wildman–Crippen LogP) is 3.57. The molecular formula is C16H26N2OS. The smallest absolute Gasteiger partial charge is 0.223 e. The molecule has 1 fully saturated rings. The topological polar surface area (TPSA) is 46.3 Å². The van der Waals surface area contributed by atoms with Gasteiger partial charge in [-0.2, -0.15) is 0 Å². The number of carbonyl (C=O) groups excluding carboxylic acids is 1. The van der Waals surface area contributed by atoms with Crippen molar-refractivity contribution in [1.29, 1.82) is 0 Å². The third-order valence-electron chi connectivity index (χ3n) is 4.36. The highest BCUT2D eigenvalue weighted by molar-refractivity contribution is 7.10. The fourth-order valence-electron chi connectivity index (χ4n) is 3.10. The molecule has 0 aromatic carbocycles. The molecule has 20 heavy (non-hydrogen) atoms. The van der Waals surface area contributed by atoms with Crippen molar-refractivity contribution in [3.8, 4) is 0 Å². The van der Waals surface area contributed by atoms with E-state index in [1.165, 1.54) is 4.88 Å². The van der Waals surface area contributed by atoms with Crippen molar-refractivity contribution in [2.24, 2.45) is 11.7 Å². The summed E-state index contributed by atoms with van der Waals surface area (Å²) in [6.07, 6.45) is 6.08. The highest BCUT2D eigenvalue weighted by Gasteiger charge is 2.30. The lowest BCUT2D eigenvalue weighted by Gasteiger charge is -2.25. The highest BCUT2D eigenvalue weighted by Crippen LogP contribution is 2.35. The van der Waals surface area contributed by atoms with E-state index >= 15 is 0 Å². The van der Waals surface area contributed by atoms with Crippen LogP contribution >= 0.6 is 11.3 Å². The molecule has 3 nitrogen and oxygen atoms in total. The first-order valence-electron chi connectivity index (χ1n) is 7.79. The lowest BCUT2D eigenvalue weighted by atomic mass is 9.96. The minimum absolute atomic E-state index is 0.330. The highest BCUT2D eigenvalue weighted by atomic mass is 32.1. The van der Waals surface area contributed by atoms with Crippen LogP contribution in [-0.4, -0.2) is 23.9 Å². The van der Waals surface area contributed by atoms with Crippen molar-refractivity contribution in [3.05, 3.63) is 22.4 Å². The molecule has 112 valence electrons. The summed E-state index contributed by atoms with van der Waals surface area (Å²) in [5.41, 5.74) is 5.63. The first-order valence-corrected chi connectivity index (χ1v) is 8.67. The number of thiophene rings is 1. The van der Waals surface area contributed by atoms with Gasteiger partial charge in [0, 0.05) is 17.8 Å². The van der Waals surface area contributed by atoms with Crippen LogP contribution in [0.1, 0.15) is 56.4 Å². The Kier molecular flexibility index (Phi) is 6.05. The predicted molar refractivity (Wildman–Crippen MR) is 84.7 cm³/mol. The van der Waals surface area contributed by atoms with E-state index in [2.05, 4.69) is 29.3 Å². The van der Waals surface area contributed by atoms with Crippen LogP contribution in [0.2, 0.25) is 0 Å². The Morgan fingerprint density at radius 1 is 1.55 bits per heavy atom. The second-order valence-electron chi connectivity index (χ2n) is 5.65. The minimum Gasteiger partial charge on any atom is -0.335 e. The summed E-state index contributed by atoms with van der Waals surface area (Å²) >= 11 is 1.77. The van der Waals surface area contributed by atoms with Gasteiger partial charge in [-0.25, -0.2) is 0 Å². The molecule has 0 bridgehead atoms. The van der Waals surface area contributed by atoms with Gasteiger partial charge < -0.3 is 10.6 Å². The average molecular weight is 294 g/mol. The number of nitrogens with two attached hydrogens (primary N) is 1. The molecule has 1 aliphatic rings. The van der Waals surface area contributed by atoms with E-state index in [1.807, 2.05) is 0 Å². The van der Waals surface area contributed by atoms with Crippen molar-refractivity contribution in [3.63, 3.8) is 0 Å². The molecule has 2 rings (SSSR count). The van der Waals surface area contributed by atoms with E-state index in [9.17, 15) is 4.79 Å². The number of hydrogen-bond donors (Lipinski definition) is 1. The van der Waals surface area contributed by atoms with Crippen LogP contribution in [-0.2, 0) is 4.79 Å². The van der Waals surface area contributed by atoms with E-state index in [4.69, 9.17) is 5.73 Å². The second-order valence-corrected chi connectivity index (χ2v) is 6.63. The largest absolute Gasteiger partial charge is 0.335 e. The van der Waals surface area contributed by atoms with Crippen molar-refractivity contribution < 1.29 is 4.79 Å². The Hall–Kier alpha value is -0.870. The Labute approximate surface area is 126 Å². The van der Waals surface area contributed by atoms with Gasteiger partial charge >= 0.3 is 0 Å². The molecule has 0 aliphatic carbocycles. The first kappa shape index (κ1) is 15.5. The molecule has 0 spiro atoms. The quantitative estimate of drug-likeness (QED) is 0.835. The van der Waals surface area contributed by atoms with Gasteiger partial charge in [0.25, 0.3) is 0 Å². The Morgan fingerprint density at radius 2 is 2.40 bits per heavy atom. The molecule has 1 aliphatic heterocycles. The van der Waals surface area contributed by atoms with Crippen LogP contribution in [0.3, 0.4) is 0 Å². The van der Waals surface area contributed by atoms with Gasteiger partial charge in [-0.15, -0.1) is 11.3 Å². The van der Waals surface area contributed by atoms with Crippen LogP contribution in [0.15, 0.2) is 17.5 Å². The summed E-state index contributed by atoms with van der Waals surface area (Å²) in [4.78, 5) is 15.9. The van der Waals surface area contributed by atoms with Gasteiger partial charge in [0.1, 0.15) is 0 Å². The van der Waals surface area contributed by atoms with E-state index in [1.54, 1.807) is 11.3 Å². The number of carbonyl (C=O) groups is 1. The van der Waals surface area contributed by atoms with Crippen LogP contribution in [0.4, 0.5) is 0 Å². The summed E-state index contributed by atoms with van der Waals surface area (Å²) in [7, 11) is 0. The zero-order chi connectivity index (χ0) is 14.4. The van der Waals surface area contributed by atoms with E-state index < -0.39 is 0 Å². The van der Waals surface area contributed by atoms with Crippen LogP contribution in [0, 0.1) is 5.92 Å². The molecule has 2 heterocycles. The second kappa shape index (κ2) is 7.79. The number of rotatable bonds is 7. The van der Waals surface area contributed by atoms with Crippen molar-refractivity contribution in [2.45, 2.75) is 51.5 Å². The first-order chi connectivity index (χ1) is 9.76. The zero-order valence-corrected chi connectivity index (χ0v) is 13.2. The van der Waals surface area contributed by atoms with Gasteiger partial charge in [0.15, 0.2) is 0 Å². The molecule has 1 aromatic rings. The van der Waals surface area contributed by atoms with Gasteiger partial charge in [-0.1, -0.05) is 19.4 Å². The van der Waals surface area contributed by atoms with E-state index in [-0.39, 0.29) is 0 Å². The maximum absolute atomic E-state index is 12.5. The fraction of sp³-hybridized carbons (Fsp3) is 0.688. The third-order valence-corrected chi connectivity index (χ3v) is 5.34. The molecule has 4 heteroatoms. The maximum Gasteiger partial charge on any atom is 0.223 e. The van der Waals surface area contributed by atoms with Crippen LogP contribution in [0.5, 0.6) is 0 Å². The SMILES string of the molecule is CCC(CCN)CCC(=O)N1CCCC1c1cccs1. The standard InChI is InChI=1S/C16H26N2OS/c1-2-13(9-10-17)7-8-16(19)18-11-3-5-14(18)15-6-4-12-20-15/h4,6,12-14H,2-3,5,7-11,17H2,1H3. The Morgan fingerprint density at radius 3 is 3.05 bits per heavy atom. The number of likely N-dealkylation sites (tertiary alicyclic amines) is 1. The molecule has 1 saturated heterocycles. The van der Waals surface area contributed by atoms with Crippen molar-refractivity contribution >= 4 is 17.2 Å². The monoisotopic (exact) mass is 294 g/mol. The molecule has 2 N–H and O–H groups in total. The summed E-state index contributed by atoms with van der Waals surface area (Å²) in [6, 6.07) is 4.57. The van der Waals surface area contributed by atoms with E-state index in [0.29, 0.717) is 24.3 Å². The summed E-state index contributed by atoms with van der Waals surface area (Å²) in [5.74, 6) is 0.933. The molecule has 1 amide bonds. The zero-order valence-electron chi connectivity index (χ0n) is 12.4. The minimum atomic E-state index is 0.330. The number of amides is 1. The maximum atomic E-state index is 12.5. The van der Waals surface area contributed by atoms with Crippen LogP contribution < -0.4 is 5.73 Å². The Bertz CT molecular complexity index is 405. The normalized spacial score (nSPS) is 20.3. The van der Waals surface area contributed by atoms with Gasteiger partial charge in [0.05, 0.1) is 6.04 Å². The molecule has 2 atom stereocenters. The fourth-order valence-corrected chi connectivity index (χ4v) is 3.97. The van der Waals surface area contributed by atoms with E-state index in [0.717, 1.165) is 45.2 Å². The molecule has 0 radical (unpaired) electrons. The summed E-state index contributed by atoms with van der Waals surface area (Å²) in [5, 5.41) is 2.10. The molecule has 1 aromatic heterocycles. The average Bonchev–Trinajstić information content (AvgIpc) is 3.12. The van der Waals surface area contributed by atoms with Gasteiger partial charge in [-0.3, -0.25) is 4.79 Å². The summed E-state index contributed by atoms with van der Waals surface area (Å²) < 4.78 is 0. The third kappa shape index (κ3) is 3.83. The lowest BCUT2D eigenvalue weighted by Crippen LogP contribution is -2.30. The summed E-state index contributed by atoms with van der Waals surface area (Å²) in [6.45, 7) is 3.85. The van der Waals surface area contributed by atoms with Gasteiger partial charge in [0.2, 0.25) is 5.91 Å². The van der Waals surface area contributed by atoms with Gasteiger partial charge in [-0.05, 0) is 49.6 Å². The van der Waals surface area contributed by atoms with Crippen molar-refractivity contribution in [1.82, 2.24) is 4.90 Å². The molecular weight excluding hydrogens is 268 g/mol. The van der Waals surface area contributed by atoms with Crippen LogP contribution in [0.25, 0.3) is 0 Å².